The summed E-state index contributed by atoms with van der Waals surface area (Å²) in [6.45, 7) is 0.516. The molecule has 2 bridgehead atoms. The van der Waals surface area contributed by atoms with Gasteiger partial charge in [-0.2, -0.15) is 4.98 Å². The maximum absolute atomic E-state index is 13.4. The molecule has 1 amide bonds. The molecule has 1 aromatic heterocycles. The van der Waals surface area contributed by atoms with E-state index >= 15 is 0 Å². The minimum absolute atomic E-state index is 0.0262. The lowest BCUT2D eigenvalue weighted by Gasteiger charge is -2.27. The number of fused-ring (bicyclic) bond motifs is 2. The molecule has 160 valence electrons. The molecule has 4 atom stereocenters. The third-order valence-electron chi connectivity index (χ3n) is 6.45. The molecule has 1 N–H and O–H groups in total. The van der Waals surface area contributed by atoms with E-state index in [9.17, 15) is 9.18 Å². The van der Waals surface area contributed by atoms with E-state index in [2.05, 4.69) is 15.5 Å². The first kappa shape index (κ1) is 19.7. The lowest BCUT2D eigenvalue weighted by molar-refractivity contribution is -0.127. The quantitative estimate of drug-likeness (QED) is 0.618. The van der Waals surface area contributed by atoms with Crippen molar-refractivity contribution in [1.29, 1.82) is 0 Å². The highest BCUT2D eigenvalue weighted by atomic mass is 19.1. The van der Waals surface area contributed by atoms with Gasteiger partial charge in [-0.3, -0.25) is 4.79 Å². The molecule has 0 saturated heterocycles. The minimum Gasteiger partial charge on any atom is -0.485 e. The van der Waals surface area contributed by atoms with Crippen molar-refractivity contribution in [3.05, 3.63) is 77.7 Å². The Morgan fingerprint density at radius 1 is 1.13 bits per heavy atom. The van der Waals surface area contributed by atoms with E-state index in [1.807, 2.05) is 30.3 Å². The Labute approximate surface area is 179 Å². The average molecular weight is 421 g/mol. The van der Waals surface area contributed by atoms with Crippen LogP contribution in [0.4, 0.5) is 4.39 Å². The van der Waals surface area contributed by atoms with Crippen LogP contribution in [0.25, 0.3) is 0 Å². The standard InChI is InChI=1S/C24H24FN3O3/c25-18-6-4-5-15(11-18)13-26-23(29)21-16-9-10-17(12-16)22(21)24-27-20(28-31-24)14-30-19-7-2-1-3-8-19/h1-8,11,16-17,21-22H,9-10,12-14H2,(H,26,29)/t16-,17+,21-,22-/m0/s1. The zero-order valence-corrected chi connectivity index (χ0v) is 17.0. The number of aromatic nitrogens is 2. The normalized spacial score (nSPS) is 24.3. The van der Waals surface area contributed by atoms with Crippen molar-refractivity contribution < 1.29 is 18.4 Å². The molecule has 2 aliphatic rings. The summed E-state index contributed by atoms with van der Waals surface area (Å²) in [7, 11) is 0. The van der Waals surface area contributed by atoms with E-state index < -0.39 is 0 Å². The molecule has 7 heteroatoms. The van der Waals surface area contributed by atoms with Crippen LogP contribution in [0.5, 0.6) is 5.75 Å². The van der Waals surface area contributed by atoms with Crippen LogP contribution in [0.15, 0.2) is 59.1 Å². The van der Waals surface area contributed by atoms with Crippen LogP contribution < -0.4 is 10.1 Å². The number of nitrogens with zero attached hydrogens (tertiary/aromatic N) is 2. The maximum atomic E-state index is 13.4. The molecule has 2 fully saturated rings. The zero-order chi connectivity index (χ0) is 21.2. The average Bonchev–Trinajstić information content (AvgIpc) is 3.53. The number of para-hydroxylation sites is 1. The number of nitrogens with one attached hydrogen (secondary N) is 1. The fourth-order valence-corrected chi connectivity index (χ4v) is 5.10. The van der Waals surface area contributed by atoms with Gasteiger partial charge in [0.05, 0.1) is 11.8 Å². The van der Waals surface area contributed by atoms with Gasteiger partial charge in [0.2, 0.25) is 17.6 Å². The fraction of sp³-hybridized carbons (Fsp3) is 0.375. The number of benzene rings is 2. The van der Waals surface area contributed by atoms with Crippen LogP contribution in [-0.4, -0.2) is 16.0 Å². The number of rotatable bonds is 7. The molecule has 2 aliphatic carbocycles. The molecule has 1 heterocycles. The molecule has 3 aromatic rings. The molecule has 0 aliphatic heterocycles. The number of hydrogen-bond donors (Lipinski definition) is 1. The van der Waals surface area contributed by atoms with Gasteiger partial charge in [-0.1, -0.05) is 35.5 Å². The minimum atomic E-state index is -0.305. The number of carbonyl (C=O) groups is 1. The second-order valence-corrected chi connectivity index (χ2v) is 8.38. The molecule has 0 spiro atoms. The van der Waals surface area contributed by atoms with Crippen LogP contribution in [0, 0.1) is 23.6 Å². The molecule has 2 aromatic carbocycles. The Kier molecular flexibility index (Phi) is 5.40. The van der Waals surface area contributed by atoms with Crippen molar-refractivity contribution in [2.75, 3.05) is 0 Å². The van der Waals surface area contributed by atoms with Crippen molar-refractivity contribution in [3.63, 3.8) is 0 Å². The van der Waals surface area contributed by atoms with Crippen molar-refractivity contribution >= 4 is 5.91 Å². The SMILES string of the molecule is O=C(NCc1cccc(F)c1)[C@H]1[C@H]2CC[C@H](C2)[C@@H]1c1nc(COc2ccccc2)no1. The van der Waals surface area contributed by atoms with E-state index in [1.165, 1.54) is 12.1 Å². The highest BCUT2D eigenvalue weighted by molar-refractivity contribution is 5.80. The summed E-state index contributed by atoms with van der Waals surface area (Å²) in [6, 6.07) is 15.8. The van der Waals surface area contributed by atoms with Crippen molar-refractivity contribution in [3.8, 4) is 5.75 Å². The summed E-state index contributed by atoms with van der Waals surface area (Å²) in [5.74, 6) is 1.81. The predicted molar refractivity (Wildman–Crippen MR) is 110 cm³/mol. The summed E-state index contributed by atoms with van der Waals surface area (Å²) >= 11 is 0. The molecule has 2 saturated carbocycles. The molecular formula is C24H24FN3O3. The zero-order valence-electron chi connectivity index (χ0n) is 17.0. The number of halogens is 1. The van der Waals surface area contributed by atoms with E-state index in [-0.39, 0.29) is 30.2 Å². The van der Waals surface area contributed by atoms with Gasteiger partial charge in [0.25, 0.3) is 0 Å². The van der Waals surface area contributed by atoms with Gasteiger partial charge < -0.3 is 14.6 Å². The van der Waals surface area contributed by atoms with Gasteiger partial charge >= 0.3 is 0 Å². The van der Waals surface area contributed by atoms with E-state index in [0.717, 1.165) is 30.6 Å². The van der Waals surface area contributed by atoms with Crippen LogP contribution >= 0.6 is 0 Å². The number of amides is 1. The summed E-state index contributed by atoms with van der Waals surface area (Å²) in [4.78, 5) is 17.6. The second kappa shape index (κ2) is 8.49. The largest absolute Gasteiger partial charge is 0.485 e. The van der Waals surface area contributed by atoms with Gasteiger partial charge in [0.1, 0.15) is 11.6 Å². The summed E-state index contributed by atoms with van der Waals surface area (Å²) in [5, 5.41) is 7.06. The molecule has 5 rings (SSSR count). The number of hydrogen-bond acceptors (Lipinski definition) is 5. The third kappa shape index (κ3) is 4.17. The second-order valence-electron chi connectivity index (χ2n) is 8.38. The summed E-state index contributed by atoms with van der Waals surface area (Å²) in [5.41, 5.74) is 0.742. The molecule has 6 nitrogen and oxygen atoms in total. The van der Waals surface area contributed by atoms with Gasteiger partial charge in [-0.25, -0.2) is 4.39 Å². The van der Waals surface area contributed by atoms with E-state index in [0.29, 0.717) is 30.1 Å². The topological polar surface area (TPSA) is 77.2 Å². The maximum Gasteiger partial charge on any atom is 0.230 e. The van der Waals surface area contributed by atoms with Gasteiger partial charge in [-0.05, 0) is 60.9 Å². The molecular weight excluding hydrogens is 397 g/mol. The van der Waals surface area contributed by atoms with Crippen molar-refractivity contribution in [2.24, 2.45) is 17.8 Å². The monoisotopic (exact) mass is 421 g/mol. The Morgan fingerprint density at radius 2 is 1.97 bits per heavy atom. The molecule has 0 unspecified atom stereocenters. The van der Waals surface area contributed by atoms with Crippen LogP contribution in [-0.2, 0) is 17.9 Å². The lowest BCUT2D eigenvalue weighted by Crippen LogP contribution is -2.37. The van der Waals surface area contributed by atoms with Crippen molar-refractivity contribution in [2.45, 2.75) is 38.3 Å². The highest BCUT2D eigenvalue weighted by Crippen LogP contribution is 2.56. The first-order chi connectivity index (χ1) is 15.2. The summed E-state index contributed by atoms with van der Waals surface area (Å²) in [6.07, 6.45) is 3.11. The Hall–Kier alpha value is -3.22. The van der Waals surface area contributed by atoms with Gasteiger partial charge in [0.15, 0.2) is 6.61 Å². The Morgan fingerprint density at radius 3 is 2.81 bits per heavy atom. The third-order valence-corrected chi connectivity index (χ3v) is 6.45. The summed E-state index contributed by atoms with van der Waals surface area (Å²) < 4.78 is 24.7. The van der Waals surface area contributed by atoms with Crippen molar-refractivity contribution in [1.82, 2.24) is 15.5 Å². The Balaban J connectivity index is 1.26. The highest BCUT2D eigenvalue weighted by Gasteiger charge is 2.53. The Bertz CT molecular complexity index is 1050. The van der Waals surface area contributed by atoms with Crippen LogP contribution in [0.3, 0.4) is 0 Å². The molecule has 0 radical (unpaired) electrons. The first-order valence-corrected chi connectivity index (χ1v) is 10.7. The van der Waals surface area contributed by atoms with Gasteiger partial charge in [-0.15, -0.1) is 0 Å². The van der Waals surface area contributed by atoms with Gasteiger partial charge in [0, 0.05) is 6.54 Å². The fourth-order valence-electron chi connectivity index (χ4n) is 5.10. The lowest BCUT2D eigenvalue weighted by atomic mass is 9.78. The molecule has 31 heavy (non-hydrogen) atoms. The van der Waals surface area contributed by atoms with Crippen LogP contribution in [0.1, 0.15) is 42.5 Å². The number of ether oxygens (including phenoxy) is 1. The number of carbonyl (C=O) groups excluding carboxylic acids is 1. The van der Waals surface area contributed by atoms with E-state index in [1.54, 1.807) is 12.1 Å². The first-order valence-electron chi connectivity index (χ1n) is 10.7. The smallest absolute Gasteiger partial charge is 0.230 e. The predicted octanol–water partition coefficient (Wildman–Crippen LogP) is 4.23. The van der Waals surface area contributed by atoms with Crippen LogP contribution in [0.2, 0.25) is 0 Å². The van der Waals surface area contributed by atoms with E-state index in [4.69, 9.17) is 9.26 Å².